The van der Waals surface area contributed by atoms with Crippen molar-refractivity contribution in [3.8, 4) is 11.5 Å². The topological polar surface area (TPSA) is 54.4 Å². The van der Waals surface area contributed by atoms with Gasteiger partial charge in [-0.05, 0) is 31.4 Å². The highest BCUT2D eigenvalue weighted by Gasteiger charge is 2.20. The van der Waals surface area contributed by atoms with Crippen molar-refractivity contribution in [2.45, 2.75) is 49.9 Å². The van der Waals surface area contributed by atoms with E-state index in [1.54, 1.807) is 30.3 Å². The molecule has 0 fully saturated rings. The van der Waals surface area contributed by atoms with Crippen LogP contribution in [0.5, 0.6) is 0 Å². The summed E-state index contributed by atoms with van der Waals surface area (Å²) in [7, 11) is -5.06. The smallest absolute Gasteiger partial charge is 0.209 e. The van der Waals surface area contributed by atoms with E-state index in [1.165, 1.54) is 0 Å². The molecule has 5 heteroatoms. The number of benzene rings is 1. The highest BCUT2D eigenvalue weighted by molar-refractivity contribution is 7.95. The highest BCUT2D eigenvalue weighted by Crippen LogP contribution is 2.22. The maximum Gasteiger partial charge on any atom is 0.209 e. The SMILES string of the molecule is C=C=C(CCCC(O)C#C[Si](C)(C)C)S(=O)(=O)c1ccccc1. The van der Waals surface area contributed by atoms with E-state index < -0.39 is 24.0 Å². The average Bonchev–Trinajstić information content (AvgIpc) is 2.49. The van der Waals surface area contributed by atoms with Gasteiger partial charge in [-0.1, -0.05) is 50.3 Å². The lowest BCUT2D eigenvalue weighted by atomic mass is 10.1. The van der Waals surface area contributed by atoms with Gasteiger partial charge in [0.25, 0.3) is 0 Å². The number of aliphatic hydroxyl groups is 1. The summed E-state index contributed by atoms with van der Waals surface area (Å²) in [6.45, 7) is 9.82. The van der Waals surface area contributed by atoms with Gasteiger partial charge >= 0.3 is 0 Å². The highest BCUT2D eigenvalue weighted by atomic mass is 32.2. The molecule has 1 aromatic rings. The fourth-order valence-corrected chi connectivity index (χ4v) is 3.89. The second-order valence-corrected chi connectivity index (χ2v) is 13.1. The van der Waals surface area contributed by atoms with Crippen molar-refractivity contribution in [3.05, 3.63) is 47.5 Å². The second kappa shape index (κ2) is 8.33. The fourth-order valence-electron chi connectivity index (χ4n) is 1.89. The minimum Gasteiger partial charge on any atom is -0.380 e. The van der Waals surface area contributed by atoms with E-state index in [2.05, 4.69) is 43.4 Å². The van der Waals surface area contributed by atoms with Crippen molar-refractivity contribution >= 4 is 17.9 Å². The fraction of sp³-hybridized carbons (Fsp3) is 0.389. The molecule has 0 aliphatic rings. The number of rotatable bonds is 6. The van der Waals surface area contributed by atoms with Gasteiger partial charge in [0.2, 0.25) is 9.84 Å². The first kappa shape index (κ1) is 19.5. The molecule has 0 spiro atoms. The van der Waals surface area contributed by atoms with Gasteiger partial charge in [-0.3, -0.25) is 0 Å². The van der Waals surface area contributed by atoms with E-state index in [0.29, 0.717) is 19.3 Å². The van der Waals surface area contributed by atoms with Crippen LogP contribution in [-0.4, -0.2) is 27.7 Å². The Kier molecular flexibility index (Phi) is 7.05. The molecule has 1 atom stereocenters. The van der Waals surface area contributed by atoms with E-state index in [9.17, 15) is 13.5 Å². The molecule has 0 aliphatic heterocycles. The van der Waals surface area contributed by atoms with Crippen molar-refractivity contribution in [2.24, 2.45) is 0 Å². The maximum absolute atomic E-state index is 12.5. The molecule has 0 saturated carbocycles. The van der Waals surface area contributed by atoms with Gasteiger partial charge in [-0.2, -0.15) is 0 Å². The van der Waals surface area contributed by atoms with E-state index in [-0.39, 0.29) is 9.80 Å². The second-order valence-electron chi connectivity index (χ2n) is 6.34. The molecule has 124 valence electrons. The summed E-state index contributed by atoms with van der Waals surface area (Å²) in [6.07, 6.45) is 0.539. The molecule has 1 rings (SSSR count). The monoisotopic (exact) mass is 348 g/mol. The van der Waals surface area contributed by atoms with E-state index in [1.807, 2.05) is 0 Å². The maximum atomic E-state index is 12.5. The minimum atomic E-state index is -3.55. The Morgan fingerprint density at radius 3 is 2.39 bits per heavy atom. The Hall–Kier alpha value is -1.57. The van der Waals surface area contributed by atoms with Crippen molar-refractivity contribution in [2.75, 3.05) is 0 Å². The quantitative estimate of drug-likeness (QED) is 0.486. The van der Waals surface area contributed by atoms with E-state index in [0.717, 1.165) is 0 Å². The zero-order valence-corrected chi connectivity index (χ0v) is 15.8. The summed E-state index contributed by atoms with van der Waals surface area (Å²) in [5.74, 6) is 2.86. The van der Waals surface area contributed by atoms with Crippen LogP contribution in [0.15, 0.2) is 52.4 Å². The summed E-state index contributed by atoms with van der Waals surface area (Å²) in [5.41, 5.74) is 5.65. The van der Waals surface area contributed by atoms with Crippen LogP contribution in [0.25, 0.3) is 0 Å². The Morgan fingerprint density at radius 2 is 1.87 bits per heavy atom. The third-order valence-electron chi connectivity index (χ3n) is 3.07. The molecule has 3 nitrogen and oxygen atoms in total. The molecule has 23 heavy (non-hydrogen) atoms. The summed E-state index contributed by atoms with van der Waals surface area (Å²) in [5, 5.41) is 9.87. The van der Waals surface area contributed by atoms with Crippen molar-refractivity contribution in [1.82, 2.24) is 0 Å². The molecule has 1 unspecified atom stereocenters. The largest absolute Gasteiger partial charge is 0.380 e. The molecule has 0 bridgehead atoms. The predicted octanol–water partition coefficient (Wildman–Crippen LogP) is 3.54. The van der Waals surface area contributed by atoms with E-state index in [4.69, 9.17) is 0 Å². The molecule has 0 radical (unpaired) electrons. The first-order valence-corrected chi connectivity index (χ1v) is 12.5. The van der Waals surface area contributed by atoms with Crippen LogP contribution in [-0.2, 0) is 9.84 Å². The van der Waals surface area contributed by atoms with Gasteiger partial charge in [-0.15, -0.1) is 11.3 Å². The van der Waals surface area contributed by atoms with Crippen molar-refractivity contribution in [1.29, 1.82) is 0 Å². The summed E-state index contributed by atoms with van der Waals surface area (Å²) >= 11 is 0. The normalized spacial score (nSPS) is 12.7. The Morgan fingerprint density at radius 1 is 1.26 bits per heavy atom. The molecular formula is C18H24O3SSi. The number of allylic oxidation sites excluding steroid dienone is 1. The van der Waals surface area contributed by atoms with Gasteiger partial charge in [0, 0.05) is 0 Å². The summed E-state index contributed by atoms with van der Waals surface area (Å²) in [6, 6.07) is 8.25. The summed E-state index contributed by atoms with van der Waals surface area (Å²) in [4.78, 5) is 0.402. The zero-order chi connectivity index (χ0) is 17.5. The van der Waals surface area contributed by atoms with Crippen LogP contribution in [0.1, 0.15) is 19.3 Å². The molecule has 0 amide bonds. The average molecular weight is 349 g/mol. The molecule has 0 saturated heterocycles. The molecule has 1 aromatic carbocycles. The Bertz CT molecular complexity index is 728. The van der Waals surface area contributed by atoms with E-state index >= 15 is 0 Å². The predicted molar refractivity (Wildman–Crippen MR) is 97.3 cm³/mol. The third-order valence-corrected chi connectivity index (χ3v) is 5.85. The number of sulfone groups is 1. The van der Waals surface area contributed by atoms with Crippen LogP contribution in [0.2, 0.25) is 19.6 Å². The Balaban J connectivity index is 2.69. The number of hydrogen-bond acceptors (Lipinski definition) is 3. The number of hydrogen-bond donors (Lipinski definition) is 1. The lowest BCUT2D eigenvalue weighted by Gasteiger charge is -2.09. The first-order valence-electron chi connectivity index (χ1n) is 7.56. The van der Waals surface area contributed by atoms with Gasteiger partial charge in [0.15, 0.2) is 0 Å². The lowest BCUT2D eigenvalue weighted by Crippen LogP contribution is -2.18. The van der Waals surface area contributed by atoms with Gasteiger partial charge in [0.1, 0.15) is 14.2 Å². The molecule has 1 N–H and O–H groups in total. The van der Waals surface area contributed by atoms with Crippen LogP contribution >= 0.6 is 0 Å². The third kappa shape index (κ3) is 6.60. The number of aliphatic hydroxyl groups excluding tert-OH is 1. The zero-order valence-electron chi connectivity index (χ0n) is 14.0. The van der Waals surface area contributed by atoms with Crippen LogP contribution in [0.4, 0.5) is 0 Å². The molecule has 0 aliphatic carbocycles. The van der Waals surface area contributed by atoms with Crippen molar-refractivity contribution in [3.63, 3.8) is 0 Å². The summed E-state index contributed by atoms with van der Waals surface area (Å²) < 4.78 is 24.9. The first-order chi connectivity index (χ1) is 10.7. The van der Waals surface area contributed by atoms with Gasteiger partial charge < -0.3 is 5.11 Å². The van der Waals surface area contributed by atoms with Gasteiger partial charge in [0.05, 0.1) is 9.80 Å². The molecule has 0 aromatic heterocycles. The lowest BCUT2D eigenvalue weighted by molar-refractivity contribution is 0.219. The van der Waals surface area contributed by atoms with Crippen LogP contribution < -0.4 is 0 Å². The minimum absolute atomic E-state index is 0.161. The van der Waals surface area contributed by atoms with Crippen LogP contribution in [0.3, 0.4) is 0 Å². The molecule has 0 heterocycles. The van der Waals surface area contributed by atoms with Gasteiger partial charge in [-0.25, -0.2) is 8.42 Å². The standard InChI is InChI=1S/C18H24O3SSi/c1-5-17(22(20,21)18-11-7-6-8-12-18)13-9-10-16(19)14-15-23(2,3)4/h6-8,11-12,16,19H,1,9-10,13H2,2-4H3. The molecular weight excluding hydrogens is 324 g/mol. The van der Waals surface area contributed by atoms with Crippen LogP contribution in [0, 0.1) is 11.5 Å². The Labute approximate surface area is 140 Å². The van der Waals surface area contributed by atoms with Crippen molar-refractivity contribution < 1.29 is 13.5 Å².